The molecule has 3 rings (SSSR count). The van der Waals surface area contributed by atoms with E-state index in [1.54, 1.807) is 6.20 Å². The van der Waals surface area contributed by atoms with E-state index in [1.165, 1.54) is 26.2 Å². The van der Waals surface area contributed by atoms with Crippen LogP contribution in [0.5, 0.6) is 0 Å². The Morgan fingerprint density at radius 3 is 2.50 bits per heavy atom. The fourth-order valence-electron chi connectivity index (χ4n) is 3.19. The van der Waals surface area contributed by atoms with Crippen molar-refractivity contribution in [3.05, 3.63) is 17.8 Å². The summed E-state index contributed by atoms with van der Waals surface area (Å²) in [7, 11) is 0. The molecule has 20 heavy (non-hydrogen) atoms. The molecule has 0 radical (unpaired) electrons. The predicted molar refractivity (Wildman–Crippen MR) is 78.6 cm³/mol. The van der Waals surface area contributed by atoms with E-state index >= 15 is 0 Å². The van der Waals surface area contributed by atoms with E-state index in [2.05, 4.69) is 33.5 Å². The molecule has 2 aliphatic rings. The fraction of sp³-hybridized carbons (Fsp3) is 0.800. The van der Waals surface area contributed by atoms with Gasteiger partial charge in [0.05, 0.1) is 12.7 Å². The Morgan fingerprint density at radius 2 is 1.95 bits per heavy atom. The Kier molecular flexibility index (Phi) is 4.10. The normalized spacial score (nSPS) is 23.4. The molecule has 0 N–H and O–H groups in total. The molecule has 2 aliphatic heterocycles. The first-order chi connectivity index (χ1) is 9.61. The summed E-state index contributed by atoms with van der Waals surface area (Å²) >= 11 is 0. The number of nitrogens with zero attached hydrogens (tertiary/aromatic N) is 4. The number of oxazole rings is 1. The minimum absolute atomic E-state index is 0.684. The topological polar surface area (TPSA) is 35.8 Å². The molecule has 3 heterocycles. The molecule has 0 unspecified atom stereocenters. The number of aromatic nitrogens is 1. The maximum absolute atomic E-state index is 5.54. The monoisotopic (exact) mass is 278 g/mol. The molecule has 112 valence electrons. The molecule has 5 nitrogen and oxygen atoms in total. The molecular formula is C15H26N4O. The molecule has 2 fully saturated rings. The van der Waals surface area contributed by atoms with E-state index in [0.717, 1.165) is 37.3 Å². The Labute approximate surface area is 121 Å². The minimum Gasteiger partial charge on any atom is -0.445 e. The zero-order chi connectivity index (χ0) is 14.1. The summed E-state index contributed by atoms with van der Waals surface area (Å²) in [6.07, 6.45) is 1.80. The quantitative estimate of drug-likeness (QED) is 0.827. The molecule has 0 bridgehead atoms. The second kappa shape index (κ2) is 5.84. The SMILES string of the molecule is Cc1cnc(CN2CC(N3CCN(C(C)C)CC3)C2)o1. The van der Waals surface area contributed by atoms with Crippen molar-refractivity contribution in [2.75, 3.05) is 39.3 Å². The van der Waals surface area contributed by atoms with E-state index < -0.39 is 0 Å². The van der Waals surface area contributed by atoms with Crippen LogP contribution >= 0.6 is 0 Å². The van der Waals surface area contributed by atoms with Crippen LogP contribution in [0.4, 0.5) is 0 Å². The first-order valence-corrected chi connectivity index (χ1v) is 7.73. The summed E-state index contributed by atoms with van der Waals surface area (Å²) in [4.78, 5) is 11.9. The lowest BCUT2D eigenvalue weighted by Crippen LogP contribution is -2.63. The summed E-state index contributed by atoms with van der Waals surface area (Å²) < 4.78 is 5.54. The maximum atomic E-state index is 5.54. The molecule has 0 atom stereocenters. The highest BCUT2D eigenvalue weighted by molar-refractivity contribution is 4.95. The number of hydrogen-bond donors (Lipinski definition) is 0. The summed E-state index contributed by atoms with van der Waals surface area (Å²) in [5.74, 6) is 1.76. The first kappa shape index (κ1) is 14.0. The summed E-state index contributed by atoms with van der Waals surface area (Å²) in [5.41, 5.74) is 0. The molecule has 1 aromatic heterocycles. The largest absolute Gasteiger partial charge is 0.445 e. The van der Waals surface area contributed by atoms with Crippen molar-refractivity contribution < 1.29 is 4.42 Å². The van der Waals surface area contributed by atoms with E-state index in [0.29, 0.717) is 6.04 Å². The summed E-state index contributed by atoms with van der Waals surface area (Å²) in [6, 6.07) is 1.42. The molecule has 1 aromatic rings. The molecule has 0 aromatic carbocycles. The highest BCUT2D eigenvalue weighted by Crippen LogP contribution is 2.19. The van der Waals surface area contributed by atoms with Crippen LogP contribution < -0.4 is 0 Å². The van der Waals surface area contributed by atoms with Gasteiger partial charge in [-0.25, -0.2) is 4.98 Å². The van der Waals surface area contributed by atoms with Crippen LogP contribution in [-0.4, -0.2) is 71.0 Å². The van der Waals surface area contributed by atoms with Crippen LogP contribution in [-0.2, 0) is 6.54 Å². The van der Waals surface area contributed by atoms with Crippen molar-refractivity contribution in [1.82, 2.24) is 19.7 Å². The number of aryl methyl sites for hydroxylation is 1. The average Bonchev–Trinajstić information content (AvgIpc) is 2.79. The minimum atomic E-state index is 0.684. The third-order valence-corrected chi connectivity index (χ3v) is 4.56. The first-order valence-electron chi connectivity index (χ1n) is 7.73. The lowest BCUT2D eigenvalue weighted by Gasteiger charge is -2.48. The number of piperazine rings is 1. The van der Waals surface area contributed by atoms with Gasteiger partial charge < -0.3 is 4.42 Å². The van der Waals surface area contributed by atoms with Crippen LogP contribution in [0.1, 0.15) is 25.5 Å². The molecule has 0 aliphatic carbocycles. The van der Waals surface area contributed by atoms with Gasteiger partial charge in [0, 0.05) is 51.4 Å². The average molecular weight is 278 g/mol. The lowest BCUT2D eigenvalue weighted by atomic mass is 10.1. The summed E-state index contributed by atoms with van der Waals surface area (Å²) in [6.45, 7) is 14.6. The lowest BCUT2D eigenvalue weighted by molar-refractivity contribution is -0.00735. The van der Waals surface area contributed by atoms with Crippen molar-refractivity contribution >= 4 is 0 Å². The van der Waals surface area contributed by atoms with Crippen LogP contribution in [0.15, 0.2) is 10.6 Å². The fourth-order valence-corrected chi connectivity index (χ4v) is 3.19. The Hall–Kier alpha value is -0.910. The van der Waals surface area contributed by atoms with Crippen LogP contribution in [0.3, 0.4) is 0 Å². The number of hydrogen-bond acceptors (Lipinski definition) is 5. The predicted octanol–water partition coefficient (Wildman–Crippen LogP) is 1.19. The van der Waals surface area contributed by atoms with Crippen molar-refractivity contribution in [1.29, 1.82) is 0 Å². The van der Waals surface area contributed by atoms with E-state index in [4.69, 9.17) is 4.42 Å². The highest BCUT2D eigenvalue weighted by atomic mass is 16.4. The number of rotatable bonds is 4. The smallest absolute Gasteiger partial charge is 0.208 e. The van der Waals surface area contributed by atoms with Crippen LogP contribution in [0.25, 0.3) is 0 Å². The van der Waals surface area contributed by atoms with Gasteiger partial charge in [0.25, 0.3) is 0 Å². The third-order valence-electron chi connectivity index (χ3n) is 4.56. The molecule has 0 amide bonds. The second-order valence-electron chi connectivity index (χ2n) is 6.38. The zero-order valence-corrected chi connectivity index (χ0v) is 12.9. The van der Waals surface area contributed by atoms with Crippen molar-refractivity contribution in [3.8, 4) is 0 Å². The van der Waals surface area contributed by atoms with Crippen molar-refractivity contribution in [3.63, 3.8) is 0 Å². The van der Waals surface area contributed by atoms with E-state index in [1.807, 2.05) is 6.92 Å². The third kappa shape index (κ3) is 3.05. The Bertz CT molecular complexity index is 431. The van der Waals surface area contributed by atoms with Crippen molar-refractivity contribution in [2.24, 2.45) is 0 Å². The van der Waals surface area contributed by atoms with Gasteiger partial charge >= 0.3 is 0 Å². The summed E-state index contributed by atoms with van der Waals surface area (Å²) in [5, 5.41) is 0. The maximum Gasteiger partial charge on any atom is 0.208 e. The van der Waals surface area contributed by atoms with Gasteiger partial charge in [-0.05, 0) is 20.8 Å². The van der Waals surface area contributed by atoms with Crippen molar-refractivity contribution in [2.45, 2.75) is 39.4 Å². The molecule has 0 saturated carbocycles. The van der Waals surface area contributed by atoms with E-state index in [9.17, 15) is 0 Å². The molecule has 5 heteroatoms. The van der Waals surface area contributed by atoms with E-state index in [-0.39, 0.29) is 0 Å². The molecular weight excluding hydrogens is 252 g/mol. The number of likely N-dealkylation sites (tertiary alicyclic amines) is 1. The van der Waals surface area contributed by atoms with Gasteiger partial charge in [-0.15, -0.1) is 0 Å². The van der Waals surface area contributed by atoms with Gasteiger partial charge in [0.1, 0.15) is 5.76 Å². The van der Waals surface area contributed by atoms with Crippen LogP contribution in [0.2, 0.25) is 0 Å². The van der Waals surface area contributed by atoms with Gasteiger partial charge in [0.2, 0.25) is 5.89 Å². The van der Waals surface area contributed by atoms with Gasteiger partial charge in [-0.1, -0.05) is 0 Å². The second-order valence-corrected chi connectivity index (χ2v) is 6.38. The molecule has 0 spiro atoms. The molecule has 2 saturated heterocycles. The van der Waals surface area contributed by atoms with Gasteiger partial charge in [-0.3, -0.25) is 14.7 Å². The van der Waals surface area contributed by atoms with Gasteiger partial charge in [-0.2, -0.15) is 0 Å². The standard InChI is InChI=1S/C15H26N4O/c1-12(2)18-4-6-19(7-5-18)14-9-17(10-14)11-15-16-8-13(3)20-15/h8,12,14H,4-7,9-11H2,1-3H3. The Balaban J connectivity index is 1.40. The Morgan fingerprint density at radius 1 is 1.25 bits per heavy atom. The zero-order valence-electron chi connectivity index (χ0n) is 12.9. The van der Waals surface area contributed by atoms with Crippen LogP contribution in [0, 0.1) is 6.92 Å². The van der Waals surface area contributed by atoms with Gasteiger partial charge in [0.15, 0.2) is 0 Å². The highest BCUT2D eigenvalue weighted by Gasteiger charge is 2.34.